The molecule has 0 unspecified atom stereocenters. The van der Waals surface area contributed by atoms with Gasteiger partial charge >= 0.3 is 0 Å². The number of imidazole rings is 1. The number of ether oxygens (including phenoxy) is 1. The normalized spacial score (nSPS) is 14.2. The summed E-state index contributed by atoms with van der Waals surface area (Å²) in [6, 6.07) is 24.0. The second kappa shape index (κ2) is 8.12. The van der Waals surface area contributed by atoms with Crippen LogP contribution in [-0.4, -0.2) is 21.2 Å². The van der Waals surface area contributed by atoms with Gasteiger partial charge in [0, 0.05) is 29.0 Å². The number of rotatable bonds is 4. The number of amides is 1. The summed E-state index contributed by atoms with van der Waals surface area (Å²) in [5, 5.41) is 4.25. The predicted molar refractivity (Wildman–Crippen MR) is 130 cm³/mol. The fraction of sp³-hybridized carbons (Fsp3) is 0.185. The van der Waals surface area contributed by atoms with E-state index in [1.54, 1.807) is 11.8 Å². The molecule has 0 aliphatic carbocycles. The van der Waals surface area contributed by atoms with Gasteiger partial charge < -0.3 is 14.6 Å². The lowest BCUT2D eigenvalue weighted by molar-refractivity contribution is -0.122. The second-order valence-electron chi connectivity index (χ2n) is 8.38. The topological polar surface area (TPSA) is 56.2 Å². The molecule has 0 radical (unpaired) electrons. The van der Waals surface area contributed by atoms with E-state index in [0.717, 1.165) is 57.0 Å². The Kier molecular flexibility index (Phi) is 4.95. The Morgan fingerprint density at radius 3 is 2.39 bits per heavy atom. The summed E-state index contributed by atoms with van der Waals surface area (Å²) >= 11 is 1.77. The van der Waals surface area contributed by atoms with Crippen LogP contribution in [0, 0.1) is 6.92 Å². The van der Waals surface area contributed by atoms with E-state index < -0.39 is 5.92 Å². The van der Waals surface area contributed by atoms with Crippen LogP contribution in [0.15, 0.2) is 78.0 Å². The Balaban J connectivity index is 1.33. The fourth-order valence-corrected chi connectivity index (χ4v) is 5.59. The van der Waals surface area contributed by atoms with E-state index in [9.17, 15) is 4.79 Å². The third-order valence-corrected chi connectivity index (χ3v) is 7.24. The van der Waals surface area contributed by atoms with Crippen LogP contribution in [0.3, 0.4) is 0 Å². The largest absolute Gasteiger partial charge is 0.457 e. The molecule has 33 heavy (non-hydrogen) atoms. The molecule has 1 amide bonds. The highest BCUT2D eigenvalue weighted by Gasteiger charge is 2.33. The molecule has 2 aliphatic heterocycles. The van der Waals surface area contributed by atoms with Gasteiger partial charge in [-0.1, -0.05) is 78.0 Å². The molecule has 6 heteroatoms. The van der Waals surface area contributed by atoms with E-state index in [0.29, 0.717) is 6.54 Å². The predicted octanol–water partition coefficient (Wildman–Crippen LogP) is 5.52. The molecule has 6 rings (SSSR count). The van der Waals surface area contributed by atoms with Crippen molar-refractivity contribution in [3.8, 4) is 22.8 Å². The van der Waals surface area contributed by atoms with Crippen molar-refractivity contribution in [1.82, 2.24) is 14.9 Å². The number of hydrogen-bond acceptors (Lipinski definition) is 4. The molecule has 1 N–H and O–H groups in total. The van der Waals surface area contributed by atoms with Gasteiger partial charge in [0.1, 0.15) is 11.5 Å². The van der Waals surface area contributed by atoms with Crippen molar-refractivity contribution in [2.24, 2.45) is 0 Å². The monoisotopic (exact) mass is 453 g/mol. The first-order valence-electron chi connectivity index (χ1n) is 11.1. The standard InChI is InChI=1S/C27H23N3O2S/c1-17-10-12-18(13-11-17)25-21(30-14-15-33-27(30)29-25)16-28-26(31)24-19-6-2-4-8-22(19)32-23-9-5-3-7-20(23)24/h2-13,24H,14-16H2,1H3,(H,28,31). The number of aryl methyl sites for hydroxylation is 1. The number of carbonyl (C=O) groups excluding carboxylic acids is 1. The number of fused-ring (bicyclic) bond motifs is 3. The zero-order chi connectivity index (χ0) is 22.4. The molecular formula is C27H23N3O2S. The maximum atomic E-state index is 13.6. The van der Waals surface area contributed by atoms with Crippen LogP contribution in [-0.2, 0) is 17.9 Å². The average Bonchev–Trinajstić information content (AvgIpc) is 3.43. The second-order valence-corrected chi connectivity index (χ2v) is 9.45. The maximum absolute atomic E-state index is 13.6. The molecule has 2 aliphatic rings. The molecule has 0 atom stereocenters. The van der Waals surface area contributed by atoms with Gasteiger partial charge in [-0.3, -0.25) is 4.79 Å². The number of carbonyl (C=O) groups is 1. The molecule has 5 nitrogen and oxygen atoms in total. The molecule has 0 saturated carbocycles. The number of benzene rings is 3. The SMILES string of the molecule is Cc1ccc(-c2nc3n(c2CNC(=O)C2c4ccccc4Oc4ccccc42)CCS3)cc1. The molecule has 4 aromatic rings. The number of aromatic nitrogens is 2. The van der Waals surface area contributed by atoms with Gasteiger partial charge in [0.05, 0.1) is 23.9 Å². The zero-order valence-electron chi connectivity index (χ0n) is 18.2. The summed E-state index contributed by atoms with van der Waals surface area (Å²) in [7, 11) is 0. The number of nitrogens with one attached hydrogen (secondary N) is 1. The maximum Gasteiger partial charge on any atom is 0.232 e. The Labute approximate surface area is 196 Å². The summed E-state index contributed by atoms with van der Waals surface area (Å²) in [5.74, 6) is 2.04. The van der Waals surface area contributed by atoms with Gasteiger partial charge in [0.25, 0.3) is 0 Å². The smallest absolute Gasteiger partial charge is 0.232 e. The molecular weight excluding hydrogens is 430 g/mol. The number of thioether (sulfide) groups is 1. The summed E-state index contributed by atoms with van der Waals surface area (Å²) in [6.07, 6.45) is 0. The van der Waals surface area contributed by atoms with Crippen molar-refractivity contribution in [3.63, 3.8) is 0 Å². The Morgan fingerprint density at radius 1 is 1.03 bits per heavy atom. The van der Waals surface area contributed by atoms with Crippen molar-refractivity contribution >= 4 is 17.7 Å². The van der Waals surface area contributed by atoms with Crippen molar-refractivity contribution in [2.75, 3.05) is 5.75 Å². The van der Waals surface area contributed by atoms with E-state index >= 15 is 0 Å². The van der Waals surface area contributed by atoms with Crippen molar-refractivity contribution < 1.29 is 9.53 Å². The lowest BCUT2D eigenvalue weighted by atomic mass is 9.87. The van der Waals surface area contributed by atoms with E-state index in [4.69, 9.17) is 9.72 Å². The minimum atomic E-state index is -0.413. The van der Waals surface area contributed by atoms with Gasteiger partial charge in [0.15, 0.2) is 5.16 Å². The van der Waals surface area contributed by atoms with Crippen LogP contribution < -0.4 is 10.1 Å². The van der Waals surface area contributed by atoms with Crippen LogP contribution in [0.25, 0.3) is 11.3 Å². The van der Waals surface area contributed by atoms with E-state index in [-0.39, 0.29) is 5.91 Å². The van der Waals surface area contributed by atoms with Gasteiger partial charge in [-0.25, -0.2) is 4.98 Å². The van der Waals surface area contributed by atoms with Crippen LogP contribution >= 0.6 is 11.8 Å². The summed E-state index contributed by atoms with van der Waals surface area (Å²) in [4.78, 5) is 18.5. The van der Waals surface area contributed by atoms with Crippen LogP contribution in [0.5, 0.6) is 11.5 Å². The zero-order valence-corrected chi connectivity index (χ0v) is 19.1. The van der Waals surface area contributed by atoms with Crippen molar-refractivity contribution in [2.45, 2.75) is 31.1 Å². The third kappa shape index (κ3) is 3.51. The van der Waals surface area contributed by atoms with Gasteiger partial charge in [-0.15, -0.1) is 0 Å². The van der Waals surface area contributed by atoms with Crippen LogP contribution in [0.4, 0.5) is 0 Å². The highest BCUT2D eigenvalue weighted by Crippen LogP contribution is 2.44. The average molecular weight is 454 g/mol. The van der Waals surface area contributed by atoms with Crippen molar-refractivity contribution in [1.29, 1.82) is 0 Å². The fourth-order valence-electron chi connectivity index (χ4n) is 4.62. The van der Waals surface area contributed by atoms with Crippen LogP contribution in [0.1, 0.15) is 28.3 Å². The van der Waals surface area contributed by atoms with E-state index in [1.807, 2.05) is 48.5 Å². The van der Waals surface area contributed by atoms with Crippen LogP contribution in [0.2, 0.25) is 0 Å². The number of hydrogen-bond donors (Lipinski definition) is 1. The van der Waals surface area contributed by atoms with Crippen molar-refractivity contribution in [3.05, 3.63) is 95.2 Å². The number of para-hydroxylation sites is 2. The Bertz CT molecular complexity index is 1310. The summed E-state index contributed by atoms with van der Waals surface area (Å²) in [6.45, 7) is 3.42. The lowest BCUT2D eigenvalue weighted by Gasteiger charge is -2.27. The summed E-state index contributed by atoms with van der Waals surface area (Å²) in [5.41, 5.74) is 6.08. The molecule has 1 aromatic heterocycles. The molecule has 0 fully saturated rings. The minimum absolute atomic E-state index is 0.0331. The highest BCUT2D eigenvalue weighted by molar-refractivity contribution is 7.99. The Hall–Kier alpha value is -3.51. The quantitative estimate of drug-likeness (QED) is 0.442. The van der Waals surface area contributed by atoms with Gasteiger partial charge in [-0.05, 0) is 19.1 Å². The first kappa shape index (κ1) is 20.1. The molecule has 3 heterocycles. The first-order chi connectivity index (χ1) is 16.2. The molecule has 0 bridgehead atoms. The molecule has 3 aromatic carbocycles. The van der Waals surface area contributed by atoms with E-state index in [1.165, 1.54) is 5.56 Å². The van der Waals surface area contributed by atoms with E-state index in [2.05, 4.69) is 41.1 Å². The Morgan fingerprint density at radius 2 is 1.70 bits per heavy atom. The highest BCUT2D eigenvalue weighted by atomic mass is 32.2. The number of nitrogens with zero attached hydrogens (tertiary/aromatic N) is 2. The van der Waals surface area contributed by atoms with Gasteiger partial charge in [0.2, 0.25) is 5.91 Å². The lowest BCUT2D eigenvalue weighted by Crippen LogP contribution is -2.32. The minimum Gasteiger partial charge on any atom is -0.457 e. The first-order valence-corrected chi connectivity index (χ1v) is 12.1. The molecule has 0 spiro atoms. The van der Waals surface area contributed by atoms with Gasteiger partial charge in [-0.2, -0.15) is 0 Å². The molecule has 0 saturated heterocycles. The molecule has 164 valence electrons. The third-order valence-electron chi connectivity index (χ3n) is 6.28. The summed E-state index contributed by atoms with van der Waals surface area (Å²) < 4.78 is 8.30.